The number of piperazine rings is 2. The topological polar surface area (TPSA) is 72.9 Å². The van der Waals surface area contributed by atoms with Crippen molar-refractivity contribution in [1.29, 1.82) is 0 Å². The summed E-state index contributed by atoms with van der Waals surface area (Å²) >= 11 is 7.77. The third kappa shape index (κ3) is 9.23. The minimum atomic E-state index is 0.0844. The normalized spacial score (nSPS) is 17.5. The van der Waals surface area contributed by atoms with Gasteiger partial charge in [0.15, 0.2) is 5.16 Å². The lowest BCUT2D eigenvalue weighted by Crippen LogP contribution is -2.54. The van der Waals surface area contributed by atoms with Crippen LogP contribution in [-0.2, 0) is 9.59 Å². The number of benzene rings is 2. The highest BCUT2D eigenvalue weighted by molar-refractivity contribution is 7.99. The maximum Gasteiger partial charge on any atom is 0.233 e. The molecule has 0 bridgehead atoms. The molecule has 2 fully saturated rings. The Morgan fingerprint density at radius 3 is 2.13 bits per heavy atom. The van der Waals surface area contributed by atoms with Crippen molar-refractivity contribution in [1.82, 2.24) is 24.7 Å². The predicted molar refractivity (Wildman–Crippen MR) is 187 cm³/mol. The first-order valence-corrected chi connectivity index (χ1v) is 18.1. The van der Waals surface area contributed by atoms with Crippen LogP contribution in [0.1, 0.15) is 69.5 Å². The maximum atomic E-state index is 13.3. The average molecular weight is 663 g/mol. The van der Waals surface area contributed by atoms with E-state index in [1.165, 1.54) is 42.2 Å². The largest absolute Gasteiger partial charge is 0.353 e. The Kier molecular flexibility index (Phi) is 12.7. The van der Waals surface area contributed by atoms with Gasteiger partial charge in [-0.2, -0.15) is 0 Å². The quantitative estimate of drug-likeness (QED) is 0.0889. The molecule has 0 spiro atoms. The monoisotopic (exact) mass is 662 g/mol. The number of hydrogen-bond donors (Lipinski definition) is 0. The van der Waals surface area contributed by atoms with E-state index in [4.69, 9.17) is 16.6 Å². The summed E-state index contributed by atoms with van der Waals surface area (Å²) in [5.41, 5.74) is 2.52. The molecule has 2 amide bonds. The smallest absolute Gasteiger partial charge is 0.233 e. The number of carbonyl (C=O) groups excluding carboxylic acids is 2. The molecule has 3 heterocycles. The predicted octanol–water partition coefficient (Wildman–Crippen LogP) is 6.55. The highest BCUT2D eigenvalue weighted by Gasteiger charge is 2.30. The van der Waals surface area contributed by atoms with Crippen molar-refractivity contribution in [2.24, 2.45) is 0 Å². The Morgan fingerprint density at radius 2 is 1.50 bits per heavy atom. The average Bonchev–Trinajstić information content (AvgIpc) is 3.08. The Bertz CT molecular complexity index is 1370. The second-order valence-electron chi connectivity index (χ2n) is 12.3. The summed E-state index contributed by atoms with van der Waals surface area (Å²) in [5, 5.41) is 0.862. The van der Waals surface area contributed by atoms with Crippen LogP contribution in [0.4, 0.5) is 5.82 Å². The molecule has 46 heavy (non-hydrogen) atoms. The molecule has 2 saturated heterocycles. The van der Waals surface area contributed by atoms with Crippen molar-refractivity contribution < 1.29 is 9.59 Å². The first-order valence-electron chi connectivity index (χ1n) is 16.8. The van der Waals surface area contributed by atoms with Crippen LogP contribution in [0.15, 0.2) is 71.9 Å². The molecule has 3 aromatic rings. The summed E-state index contributed by atoms with van der Waals surface area (Å²) in [6.45, 7) is 9.30. The zero-order valence-corrected chi connectivity index (χ0v) is 28.8. The highest BCUT2D eigenvalue weighted by Crippen LogP contribution is 2.30. The van der Waals surface area contributed by atoms with Crippen LogP contribution in [0.5, 0.6) is 0 Å². The van der Waals surface area contributed by atoms with Gasteiger partial charge in [-0.25, -0.2) is 9.97 Å². The Labute approximate surface area is 283 Å². The zero-order chi connectivity index (χ0) is 32.3. The maximum absolute atomic E-state index is 13.3. The van der Waals surface area contributed by atoms with Gasteiger partial charge in [-0.05, 0) is 24.5 Å². The van der Waals surface area contributed by atoms with Crippen LogP contribution in [0.3, 0.4) is 0 Å². The van der Waals surface area contributed by atoms with E-state index in [1.54, 1.807) is 6.07 Å². The van der Waals surface area contributed by atoms with Crippen molar-refractivity contribution >= 4 is 41.0 Å². The highest BCUT2D eigenvalue weighted by atomic mass is 35.5. The molecule has 1 aromatic heterocycles. The first kappa shape index (κ1) is 34.2. The molecule has 0 radical (unpaired) electrons. The summed E-state index contributed by atoms with van der Waals surface area (Å²) in [5.74, 6) is 1.34. The van der Waals surface area contributed by atoms with E-state index in [0.29, 0.717) is 49.5 Å². The number of rotatable bonds is 13. The molecule has 2 aromatic carbocycles. The number of hydrogen-bond acceptors (Lipinski definition) is 7. The third-order valence-corrected chi connectivity index (χ3v) is 10.0. The summed E-state index contributed by atoms with van der Waals surface area (Å²) in [7, 11) is 0. The SMILES string of the molecule is CCCCCCCC(=O)N1CCN(c2cc(Cl)nc(SCC(=O)N3CCN(C(c4ccccc4)c4ccccc4)CC3)n2)CC1C. The van der Waals surface area contributed by atoms with Crippen molar-refractivity contribution in [3.8, 4) is 0 Å². The van der Waals surface area contributed by atoms with Gasteiger partial charge in [0, 0.05) is 64.3 Å². The molecule has 10 heteroatoms. The standard InChI is InChI=1S/C36H47ClN6O2S/c1-3-4-5-6-13-18-33(44)43-24-23-42(26-28(43)2)32-25-31(37)38-36(39-32)46-27-34(45)40-19-21-41(22-20-40)35(29-14-9-7-10-15-29)30-16-11-8-12-17-30/h7-12,14-17,25,28,35H,3-6,13,18-24,26-27H2,1-2H3. The van der Waals surface area contributed by atoms with Crippen LogP contribution in [0, 0.1) is 0 Å². The molecular weight excluding hydrogens is 616 g/mol. The number of halogens is 1. The number of thioether (sulfide) groups is 1. The van der Waals surface area contributed by atoms with Crippen LogP contribution in [0.25, 0.3) is 0 Å². The van der Waals surface area contributed by atoms with E-state index in [2.05, 4.69) is 77.2 Å². The van der Waals surface area contributed by atoms with Crippen molar-refractivity contribution in [3.05, 3.63) is 83.0 Å². The van der Waals surface area contributed by atoms with E-state index in [1.807, 2.05) is 21.9 Å². The van der Waals surface area contributed by atoms with Crippen molar-refractivity contribution in [3.63, 3.8) is 0 Å². The number of unbranched alkanes of at least 4 members (excludes halogenated alkanes) is 4. The molecule has 0 aliphatic carbocycles. The van der Waals surface area contributed by atoms with Gasteiger partial charge in [-0.3, -0.25) is 14.5 Å². The zero-order valence-electron chi connectivity index (χ0n) is 27.2. The van der Waals surface area contributed by atoms with E-state index < -0.39 is 0 Å². The minimum Gasteiger partial charge on any atom is -0.353 e. The molecule has 246 valence electrons. The van der Waals surface area contributed by atoms with E-state index in [9.17, 15) is 9.59 Å². The number of anilines is 1. The lowest BCUT2D eigenvalue weighted by atomic mass is 9.96. The van der Waals surface area contributed by atoms with E-state index in [0.717, 1.165) is 31.7 Å². The fraction of sp³-hybridized carbons (Fsp3) is 0.500. The Hall–Kier alpha value is -3.14. The summed E-state index contributed by atoms with van der Waals surface area (Å²) in [4.78, 5) is 43.9. The lowest BCUT2D eigenvalue weighted by molar-refractivity contribution is -0.133. The van der Waals surface area contributed by atoms with Gasteiger partial charge in [0.25, 0.3) is 0 Å². The number of amides is 2. The van der Waals surface area contributed by atoms with Crippen LogP contribution >= 0.6 is 23.4 Å². The van der Waals surface area contributed by atoms with Crippen LogP contribution in [0.2, 0.25) is 5.15 Å². The van der Waals surface area contributed by atoms with Crippen molar-refractivity contribution in [2.45, 2.75) is 69.6 Å². The first-order chi connectivity index (χ1) is 22.4. The summed E-state index contributed by atoms with van der Waals surface area (Å²) in [6, 6.07) is 23.2. The van der Waals surface area contributed by atoms with Gasteiger partial charge < -0.3 is 14.7 Å². The van der Waals surface area contributed by atoms with Crippen LogP contribution < -0.4 is 4.90 Å². The molecule has 1 atom stereocenters. The second-order valence-corrected chi connectivity index (χ2v) is 13.6. The fourth-order valence-electron chi connectivity index (χ4n) is 6.50. The third-order valence-electron chi connectivity index (χ3n) is 9.01. The number of aromatic nitrogens is 2. The van der Waals surface area contributed by atoms with Gasteiger partial charge in [-0.1, -0.05) is 117 Å². The summed E-state index contributed by atoms with van der Waals surface area (Å²) in [6.07, 6.45) is 6.35. The fourth-order valence-corrected chi connectivity index (χ4v) is 7.49. The number of carbonyl (C=O) groups is 2. The molecule has 8 nitrogen and oxygen atoms in total. The van der Waals surface area contributed by atoms with Gasteiger partial charge in [0.2, 0.25) is 11.8 Å². The van der Waals surface area contributed by atoms with E-state index >= 15 is 0 Å². The molecule has 0 N–H and O–H groups in total. The molecule has 0 saturated carbocycles. The van der Waals surface area contributed by atoms with Gasteiger partial charge in [-0.15, -0.1) is 0 Å². The summed E-state index contributed by atoms with van der Waals surface area (Å²) < 4.78 is 0. The lowest BCUT2D eigenvalue weighted by Gasteiger charge is -2.40. The van der Waals surface area contributed by atoms with Gasteiger partial charge in [0.1, 0.15) is 11.0 Å². The molecule has 2 aliphatic rings. The van der Waals surface area contributed by atoms with Crippen molar-refractivity contribution in [2.75, 3.05) is 56.5 Å². The number of nitrogens with zero attached hydrogens (tertiary/aromatic N) is 6. The van der Waals surface area contributed by atoms with E-state index in [-0.39, 0.29) is 29.7 Å². The second kappa shape index (κ2) is 17.1. The Morgan fingerprint density at radius 1 is 0.848 bits per heavy atom. The molecule has 5 rings (SSSR count). The Balaban J connectivity index is 1.12. The minimum absolute atomic E-state index is 0.0844. The van der Waals surface area contributed by atoms with Gasteiger partial charge in [0.05, 0.1) is 11.8 Å². The van der Waals surface area contributed by atoms with Gasteiger partial charge >= 0.3 is 0 Å². The molecule has 1 unspecified atom stereocenters. The molecular formula is C36H47ClN6O2S. The molecule has 2 aliphatic heterocycles. The van der Waals surface area contributed by atoms with Crippen LogP contribution in [-0.4, -0.2) is 94.1 Å².